The number of nitrogens with zero attached hydrogens (tertiary/aromatic N) is 2. The number of para-hydroxylation sites is 1. The normalized spacial score (nSPS) is 15.9. The van der Waals surface area contributed by atoms with Gasteiger partial charge in [0.2, 0.25) is 5.91 Å². The molecule has 1 aliphatic rings. The second-order valence-electron chi connectivity index (χ2n) is 8.95. The molecule has 0 fully saturated rings. The van der Waals surface area contributed by atoms with Crippen molar-refractivity contribution in [2.24, 2.45) is 0 Å². The first-order valence-corrected chi connectivity index (χ1v) is 12.9. The molecule has 7 heteroatoms. The lowest BCUT2D eigenvalue weighted by molar-refractivity contribution is -0.136. The van der Waals surface area contributed by atoms with Crippen LogP contribution in [0.3, 0.4) is 0 Å². The molecule has 184 valence electrons. The zero-order valence-electron chi connectivity index (χ0n) is 20.4. The minimum Gasteiger partial charge on any atom is -0.488 e. The molecule has 35 heavy (non-hydrogen) atoms. The Morgan fingerprint density at radius 3 is 2.74 bits per heavy atom. The number of hydrogen-bond acceptors (Lipinski definition) is 4. The van der Waals surface area contributed by atoms with Crippen LogP contribution in [0.1, 0.15) is 52.7 Å². The highest BCUT2D eigenvalue weighted by molar-refractivity contribution is 7.10. The van der Waals surface area contributed by atoms with Crippen LogP contribution in [0.15, 0.2) is 60.0 Å². The fourth-order valence-electron chi connectivity index (χ4n) is 4.43. The van der Waals surface area contributed by atoms with Crippen LogP contribution in [0.25, 0.3) is 0 Å². The third kappa shape index (κ3) is 5.56. The minimum absolute atomic E-state index is 0.0164. The number of fused-ring (bicyclic) bond motifs is 1. The third-order valence-electron chi connectivity index (χ3n) is 6.60. The Kier molecular flexibility index (Phi) is 7.86. The van der Waals surface area contributed by atoms with Crippen molar-refractivity contribution in [3.8, 4) is 5.75 Å². The maximum absolute atomic E-state index is 14.2. The molecule has 1 aromatic heterocycles. The summed E-state index contributed by atoms with van der Waals surface area (Å²) in [4.78, 5) is 31.7. The van der Waals surface area contributed by atoms with Crippen LogP contribution >= 0.6 is 11.3 Å². The highest BCUT2D eigenvalue weighted by Gasteiger charge is 2.34. The molecule has 4 rings (SSSR count). The summed E-state index contributed by atoms with van der Waals surface area (Å²) in [6.07, 6.45) is 1.49. The number of halogens is 1. The summed E-state index contributed by atoms with van der Waals surface area (Å²) >= 11 is 1.66. The molecule has 0 unspecified atom stereocenters. The number of hydrogen-bond donors (Lipinski definition) is 0. The lowest BCUT2D eigenvalue weighted by atomic mass is 10.00. The molecule has 0 aliphatic carbocycles. The van der Waals surface area contributed by atoms with E-state index in [0.29, 0.717) is 12.1 Å². The Labute approximate surface area is 210 Å². The number of carbonyl (C=O) groups excluding carboxylic acids is 2. The van der Waals surface area contributed by atoms with Gasteiger partial charge in [-0.15, -0.1) is 11.3 Å². The van der Waals surface area contributed by atoms with Gasteiger partial charge in [0.25, 0.3) is 5.91 Å². The highest BCUT2D eigenvalue weighted by Crippen LogP contribution is 2.34. The molecule has 0 bridgehead atoms. The third-order valence-corrected chi connectivity index (χ3v) is 7.60. The number of aryl methyl sites for hydroxylation is 1. The second-order valence-corrected chi connectivity index (χ2v) is 9.95. The van der Waals surface area contributed by atoms with Gasteiger partial charge in [0, 0.05) is 23.0 Å². The predicted octanol–water partition coefficient (Wildman–Crippen LogP) is 5.64. The first kappa shape index (κ1) is 24.9. The summed E-state index contributed by atoms with van der Waals surface area (Å²) in [5.74, 6) is -0.550. The fraction of sp³-hybridized carbons (Fsp3) is 0.357. The standard InChI is InChI=1S/C28H31FN2O3S/c1-4-20(3)31(28(33)21-9-7-8-19(2)16-21)17-27(32)30-14-12-26-22(13-15-35-26)24(30)18-34-25-11-6-5-10-23(25)29/h5-11,13,15-16,20,24H,4,12,14,17-18H2,1-3H3/t20-,24+/m1/s1. The molecule has 0 radical (unpaired) electrons. The number of carbonyl (C=O) groups is 2. The monoisotopic (exact) mass is 494 g/mol. The van der Waals surface area contributed by atoms with Gasteiger partial charge in [0.05, 0.1) is 6.04 Å². The van der Waals surface area contributed by atoms with E-state index in [1.165, 1.54) is 10.9 Å². The quantitative estimate of drug-likeness (QED) is 0.407. The van der Waals surface area contributed by atoms with Crippen LogP contribution in [0.5, 0.6) is 5.75 Å². The smallest absolute Gasteiger partial charge is 0.254 e. The summed E-state index contributed by atoms with van der Waals surface area (Å²) in [5.41, 5.74) is 2.61. The van der Waals surface area contributed by atoms with E-state index in [9.17, 15) is 14.0 Å². The molecule has 3 aromatic rings. The van der Waals surface area contributed by atoms with Crippen molar-refractivity contribution in [2.75, 3.05) is 19.7 Å². The Hall–Kier alpha value is -3.19. The minimum atomic E-state index is -0.432. The van der Waals surface area contributed by atoms with Gasteiger partial charge < -0.3 is 14.5 Å². The van der Waals surface area contributed by atoms with Crippen LogP contribution in [-0.4, -0.2) is 47.4 Å². The van der Waals surface area contributed by atoms with Crippen molar-refractivity contribution < 1.29 is 18.7 Å². The van der Waals surface area contributed by atoms with E-state index in [4.69, 9.17) is 4.74 Å². The molecule has 1 aliphatic heterocycles. The van der Waals surface area contributed by atoms with Gasteiger partial charge in [-0.2, -0.15) is 0 Å². The Morgan fingerprint density at radius 2 is 2.00 bits per heavy atom. The zero-order valence-corrected chi connectivity index (χ0v) is 21.2. The van der Waals surface area contributed by atoms with Gasteiger partial charge in [-0.3, -0.25) is 9.59 Å². The molecule has 2 atom stereocenters. The first-order valence-electron chi connectivity index (χ1n) is 12.0. The van der Waals surface area contributed by atoms with Gasteiger partial charge in [-0.1, -0.05) is 36.8 Å². The molecule has 2 amide bonds. The summed E-state index contributed by atoms with van der Waals surface area (Å²) in [6, 6.07) is 15.3. The van der Waals surface area contributed by atoms with Crippen LogP contribution in [0.2, 0.25) is 0 Å². The average molecular weight is 495 g/mol. The van der Waals surface area contributed by atoms with E-state index in [2.05, 4.69) is 0 Å². The largest absolute Gasteiger partial charge is 0.488 e. The summed E-state index contributed by atoms with van der Waals surface area (Å²) < 4.78 is 20.0. The molecule has 2 heterocycles. The predicted molar refractivity (Wildman–Crippen MR) is 136 cm³/mol. The van der Waals surface area contributed by atoms with Crippen molar-refractivity contribution in [1.82, 2.24) is 9.80 Å². The summed E-state index contributed by atoms with van der Waals surface area (Å²) in [5, 5.41) is 2.02. The first-order chi connectivity index (χ1) is 16.9. The van der Waals surface area contributed by atoms with E-state index >= 15 is 0 Å². The molecule has 5 nitrogen and oxygen atoms in total. The molecular weight excluding hydrogens is 463 g/mol. The molecule has 0 saturated heterocycles. The van der Waals surface area contributed by atoms with Crippen molar-refractivity contribution in [3.63, 3.8) is 0 Å². The number of rotatable bonds is 8. The molecule has 2 aromatic carbocycles. The van der Waals surface area contributed by atoms with Gasteiger partial charge in [0.1, 0.15) is 13.2 Å². The Morgan fingerprint density at radius 1 is 1.20 bits per heavy atom. The lowest BCUT2D eigenvalue weighted by Crippen LogP contribution is -2.49. The van der Waals surface area contributed by atoms with Gasteiger partial charge in [0.15, 0.2) is 11.6 Å². The summed E-state index contributed by atoms with van der Waals surface area (Å²) in [7, 11) is 0. The zero-order chi connectivity index (χ0) is 24.9. The highest BCUT2D eigenvalue weighted by atomic mass is 32.1. The molecule has 0 N–H and O–H groups in total. The van der Waals surface area contributed by atoms with Gasteiger partial charge in [-0.25, -0.2) is 4.39 Å². The Bertz CT molecular complexity index is 1190. The number of ether oxygens (including phenoxy) is 1. The van der Waals surface area contributed by atoms with Crippen molar-refractivity contribution >= 4 is 23.2 Å². The van der Waals surface area contributed by atoms with Crippen molar-refractivity contribution in [2.45, 2.75) is 45.7 Å². The number of benzene rings is 2. The van der Waals surface area contributed by atoms with Crippen LogP contribution < -0.4 is 4.74 Å². The molecule has 0 saturated carbocycles. The van der Waals surface area contributed by atoms with Gasteiger partial charge in [-0.05, 0) is 68.0 Å². The van der Waals surface area contributed by atoms with E-state index < -0.39 is 5.82 Å². The maximum Gasteiger partial charge on any atom is 0.254 e. The van der Waals surface area contributed by atoms with E-state index in [1.54, 1.807) is 45.4 Å². The van der Waals surface area contributed by atoms with Crippen molar-refractivity contribution in [3.05, 3.63) is 87.4 Å². The maximum atomic E-state index is 14.2. The van der Waals surface area contributed by atoms with Crippen LogP contribution in [0, 0.1) is 12.7 Å². The fourth-order valence-corrected chi connectivity index (χ4v) is 5.36. The second kappa shape index (κ2) is 11.0. The number of amides is 2. The average Bonchev–Trinajstić information content (AvgIpc) is 3.35. The lowest BCUT2D eigenvalue weighted by Gasteiger charge is -2.38. The van der Waals surface area contributed by atoms with E-state index in [-0.39, 0.29) is 42.8 Å². The molecular formula is C28H31FN2O3S. The topological polar surface area (TPSA) is 49.9 Å². The van der Waals surface area contributed by atoms with Crippen LogP contribution in [-0.2, 0) is 11.2 Å². The Balaban J connectivity index is 1.56. The van der Waals surface area contributed by atoms with E-state index in [0.717, 1.165) is 24.0 Å². The van der Waals surface area contributed by atoms with Gasteiger partial charge >= 0.3 is 0 Å². The molecule has 0 spiro atoms. The SMILES string of the molecule is CC[C@@H](C)N(CC(=O)N1CCc2sccc2[C@@H]1COc1ccccc1F)C(=O)c1cccc(C)c1. The number of thiophene rings is 1. The van der Waals surface area contributed by atoms with Crippen molar-refractivity contribution in [1.29, 1.82) is 0 Å². The summed E-state index contributed by atoms with van der Waals surface area (Å²) in [6.45, 7) is 6.58. The van der Waals surface area contributed by atoms with E-state index in [1.807, 2.05) is 50.4 Å². The van der Waals surface area contributed by atoms with Crippen LogP contribution in [0.4, 0.5) is 4.39 Å².